The van der Waals surface area contributed by atoms with Gasteiger partial charge in [-0.3, -0.25) is 9.59 Å². The summed E-state index contributed by atoms with van der Waals surface area (Å²) in [6.07, 6.45) is 0.483. The van der Waals surface area contributed by atoms with E-state index in [-0.39, 0.29) is 11.5 Å². The Morgan fingerprint density at radius 3 is 2.53 bits per heavy atom. The monoisotopic (exact) mass is 265 g/mol. The van der Waals surface area contributed by atoms with Crippen molar-refractivity contribution in [2.75, 3.05) is 12.4 Å². The van der Waals surface area contributed by atoms with Gasteiger partial charge in [-0.1, -0.05) is 6.92 Å². The van der Waals surface area contributed by atoms with Crippen LogP contribution in [0.4, 0.5) is 5.69 Å². The minimum atomic E-state index is -0.992. The molecule has 6 heteroatoms. The van der Waals surface area contributed by atoms with Crippen LogP contribution in [-0.4, -0.2) is 24.5 Å². The number of carbonyl (C=O) groups is 2. The molecule has 0 aliphatic heterocycles. The zero-order valence-corrected chi connectivity index (χ0v) is 11.3. The number of nitrogens with two attached hydrogens (primary N) is 2. The minimum absolute atomic E-state index is 0.284. The highest BCUT2D eigenvalue weighted by atomic mass is 16.5. The summed E-state index contributed by atoms with van der Waals surface area (Å²) in [7, 11) is 1.47. The summed E-state index contributed by atoms with van der Waals surface area (Å²) >= 11 is 0. The second-order valence-corrected chi connectivity index (χ2v) is 4.50. The average molecular weight is 265 g/mol. The van der Waals surface area contributed by atoms with Crippen LogP contribution in [0.1, 0.15) is 30.6 Å². The van der Waals surface area contributed by atoms with Crippen LogP contribution in [-0.2, 0) is 4.79 Å². The number of rotatable bonds is 5. The Morgan fingerprint density at radius 2 is 2.05 bits per heavy atom. The van der Waals surface area contributed by atoms with Gasteiger partial charge in [-0.15, -0.1) is 0 Å². The topological polar surface area (TPSA) is 107 Å². The molecule has 0 radical (unpaired) electrons. The van der Waals surface area contributed by atoms with Crippen molar-refractivity contribution in [2.45, 2.75) is 25.8 Å². The fourth-order valence-corrected chi connectivity index (χ4v) is 1.38. The molecule has 0 aromatic heterocycles. The first-order chi connectivity index (χ1) is 8.81. The van der Waals surface area contributed by atoms with E-state index in [4.69, 9.17) is 16.2 Å². The lowest BCUT2D eigenvalue weighted by Crippen LogP contribution is -2.47. The molecule has 19 heavy (non-hydrogen) atoms. The molecule has 6 nitrogen and oxygen atoms in total. The van der Waals surface area contributed by atoms with E-state index in [9.17, 15) is 9.59 Å². The molecular formula is C13H19N3O3. The first-order valence-electron chi connectivity index (χ1n) is 5.90. The maximum atomic E-state index is 12.0. The fraction of sp³-hybridized carbons (Fsp3) is 0.385. The van der Waals surface area contributed by atoms with Crippen molar-refractivity contribution in [1.29, 1.82) is 0 Å². The van der Waals surface area contributed by atoms with Gasteiger partial charge in [-0.25, -0.2) is 0 Å². The van der Waals surface area contributed by atoms with Gasteiger partial charge < -0.3 is 21.5 Å². The molecule has 0 heterocycles. The maximum absolute atomic E-state index is 12.0. The van der Waals surface area contributed by atoms with E-state index in [1.807, 2.05) is 6.92 Å². The second-order valence-electron chi connectivity index (χ2n) is 4.50. The van der Waals surface area contributed by atoms with Crippen molar-refractivity contribution in [3.05, 3.63) is 23.8 Å². The molecule has 0 aliphatic rings. The lowest BCUT2D eigenvalue weighted by atomic mass is 9.99. The molecular weight excluding hydrogens is 246 g/mol. The lowest BCUT2D eigenvalue weighted by molar-refractivity contribution is -0.120. The lowest BCUT2D eigenvalue weighted by Gasteiger charge is -2.22. The first kappa shape index (κ1) is 15.0. The minimum Gasteiger partial charge on any atom is -0.495 e. The van der Waals surface area contributed by atoms with E-state index in [2.05, 4.69) is 5.32 Å². The van der Waals surface area contributed by atoms with Gasteiger partial charge in [0.25, 0.3) is 0 Å². The van der Waals surface area contributed by atoms with E-state index in [0.717, 1.165) is 0 Å². The Morgan fingerprint density at radius 1 is 1.42 bits per heavy atom. The van der Waals surface area contributed by atoms with Crippen LogP contribution in [0.5, 0.6) is 5.75 Å². The maximum Gasteiger partial charge on any atom is 0.248 e. The van der Waals surface area contributed by atoms with E-state index >= 15 is 0 Å². The van der Waals surface area contributed by atoms with Crippen molar-refractivity contribution in [2.24, 2.45) is 11.5 Å². The smallest absolute Gasteiger partial charge is 0.248 e. The number of ether oxygens (including phenoxy) is 1. The summed E-state index contributed by atoms with van der Waals surface area (Å²) in [4.78, 5) is 23.1. The summed E-state index contributed by atoms with van der Waals surface area (Å²) in [5, 5.41) is 2.65. The van der Waals surface area contributed by atoms with Gasteiger partial charge in [0.1, 0.15) is 5.75 Å². The predicted octanol–water partition coefficient (Wildman–Crippen LogP) is 0.860. The Balaban J connectivity index is 3.08. The van der Waals surface area contributed by atoms with Crippen molar-refractivity contribution < 1.29 is 14.3 Å². The number of anilines is 1. The van der Waals surface area contributed by atoms with Gasteiger partial charge in [-0.05, 0) is 31.5 Å². The summed E-state index contributed by atoms with van der Waals surface area (Å²) < 4.78 is 5.12. The third-order valence-electron chi connectivity index (χ3n) is 2.99. The molecule has 1 rings (SSSR count). The Labute approximate surface area is 112 Å². The van der Waals surface area contributed by atoms with Crippen molar-refractivity contribution >= 4 is 17.5 Å². The van der Waals surface area contributed by atoms with Gasteiger partial charge in [-0.2, -0.15) is 0 Å². The number of primary amides is 1. The van der Waals surface area contributed by atoms with Gasteiger partial charge in [0.05, 0.1) is 18.3 Å². The van der Waals surface area contributed by atoms with E-state index in [1.165, 1.54) is 19.2 Å². The number of amides is 2. The molecule has 0 saturated heterocycles. The van der Waals surface area contributed by atoms with Gasteiger partial charge in [0.15, 0.2) is 0 Å². The standard InChI is InChI=1S/C13H19N3O3/c1-4-13(2,15)12(18)16-9-7-8(11(14)17)5-6-10(9)19-3/h5-7H,4,15H2,1-3H3,(H2,14,17)(H,16,18). The summed E-state index contributed by atoms with van der Waals surface area (Å²) in [6.45, 7) is 3.45. The summed E-state index contributed by atoms with van der Waals surface area (Å²) in [6, 6.07) is 4.55. The highest BCUT2D eigenvalue weighted by Gasteiger charge is 2.26. The average Bonchev–Trinajstić information content (AvgIpc) is 2.38. The molecule has 0 spiro atoms. The largest absolute Gasteiger partial charge is 0.495 e. The second kappa shape index (κ2) is 5.71. The van der Waals surface area contributed by atoms with Crippen LogP contribution in [0.2, 0.25) is 0 Å². The summed E-state index contributed by atoms with van der Waals surface area (Å²) in [5.74, 6) is -0.496. The molecule has 0 bridgehead atoms. The third-order valence-corrected chi connectivity index (χ3v) is 2.99. The molecule has 1 unspecified atom stereocenters. The number of methoxy groups -OCH3 is 1. The van der Waals surface area contributed by atoms with Crippen molar-refractivity contribution in [1.82, 2.24) is 0 Å². The van der Waals surface area contributed by atoms with Crippen LogP contribution in [0, 0.1) is 0 Å². The molecule has 1 aromatic rings. The van der Waals surface area contributed by atoms with Gasteiger partial charge in [0, 0.05) is 5.56 Å². The normalized spacial score (nSPS) is 13.5. The SMILES string of the molecule is CCC(C)(N)C(=O)Nc1cc(C(N)=O)ccc1OC. The molecule has 2 amide bonds. The Hall–Kier alpha value is -2.08. The molecule has 0 fully saturated rings. The quantitative estimate of drug-likeness (QED) is 0.733. The zero-order chi connectivity index (χ0) is 14.6. The molecule has 5 N–H and O–H groups in total. The van der Waals surface area contributed by atoms with E-state index in [0.29, 0.717) is 17.9 Å². The molecule has 1 atom stereocenters. The van der Waals surface area contributed by atoms with E-state index in [1.54, 1.807) is 13.0 Å². The number of hydrogen-bond donors (Lipinski definition) is 3. The number of benzene rings is 1. The van der Waals surface area contributed by atoms with Crippen LogP contribution in [0.25, 0.3) is 0 Å². The third kappa shape index (κ3) is 3.45. The fourth-order valence-electron chi connectivity index (χ4n) is 1.38. The number of carbonyl (C=O) groups excluding carboxylic acids is 2. The highest BCUT2D eigenvalue weighted by molar-refractivity contribution is 6.00. The van der Waals surface area contributed by atoms with Crippen molar-refractivity contribution in [3.63, 3.8) is 0 Å². The highest BCUT2D eigenvalue weighted by Crippen LogP contribution is 2.26. The molecule has 104 valence electrons. The summed E-state index contributed by atoms with van der Waals surface area (Å²) in [5.41, 5.74) is 10.7. The zero-order valence-electron chi connectivity index (χ0n) is 11.3. The molecule has 0 saturated carbocycles. The van der Waals surface area contributed by atoms with Crippen molar-refractivity contribution in [3.8, 4) is 5.75 Å². The first-order valence-corrected chi connectivity index (χ1v) is 5.90. The molecule has 0 aliphatic carbocycles. The van der Waals surface area contributed by atoms with Gasteiger partial charge >= 0.3 is 0 Å². The van der Waals surface area contributed by atoms with Gasteiger partial charge in [0.2, 0.25) is 11.8 Å². The number of hydrogen-bond acceptors (Lipinski definition) is 4. The molecule has 1 aromatic carbocycles. The number of nitrogens with one attached hydrogen (secondary N) is 1. The Bertz CT molecular complexity index is 498. The Kier molecular flexibility index (Phi) is 4.50. The van der Waals surface area contributed by atoms with Crippen LogP contribution >= 0.6 is 0 Å². The van der Waals surface area contributed by atoms with Crippen LogP contribution in [0.15, 0.2) is 18.2 Å². The van der Waals surface area contributed by atoms with Crippen LogP contribution in [0.3, 0.4) is 0 Å². The predicted molar refractivity (Wildman–Crippen MR) is 73.0 cm³/mol. The van der Waals surface area contributed by atoms with E-state index < -0.39 is 11.4 Å². The van der Waals surface area contributed by atoms with Crippen LogP contribution < -0.4 is 21.5 Å².